The van der Waals surface area contributed by atoms with Crippen LogP contribution < -0.4 is 16.0 Å². The van der Waals surface area contributed by atoms with Gasteiger partial charge >= 0.3 is 0 Å². The van der Waals surface area contributed by atoms with Gasteiger partial charge < -0.3 is 15.3 Å². The fourth-order valence-corrected chi connectivity index (χ4v) is 4.22. The number of rotatable bonds is 5. The summed E-state index contributed by atoms with van der Waals surface area (Å²) in [7, 11) is 0. The minimum atomic E-state index is -1.11. The van der Waals surface area contributed by atoms with Crippen molar-refractivity contribution in [3.8, 4) is 0 Å². The molecule has 1 aromatic carbocycles. The summed E-state index contributed by atoms with van der Waals surface area (Å²) < 4.78 is 0. The van der Waals surface area contributed by atoms with E-state index in [1.54, 1.807) is 6.08 Å². The zero-order chi connectivity index (χ0) is 19.3. The SMILES string of the molecule is CC1(C)[C@]2(C)CC[C@@]1(C(=O)[O-])C=C2NNC(=O)c1ccc([N+](=O)[O-])cc1. The van der Waals surface area contributed by atoms with E-state index in [4.69, 9.17) is 0 Å². The molecule has 3 rings (SSSR count). The highest BCUT2D eigenvalue weighted by atomic mass is 16.6. The van der Waals surface area contributed by atoms with Crippen molar-refractivity contribution < 1.29 is 19.6 Å². The molecule has 1 aromatic rings. The number of carboxylic acids is 1. The Morgan fingerprint density at radius 2 is 1.73 bits per heavy atom. The second-order valence-corrected chi connectivity index (χ2v) is 7.66. The Morgan fingerprint density at radius 1 is 1.12 bits per heavy atom. The van der Waals surface area contributed by atoms with Gasteiger partial charge in [0.1, 0.15) is 0 Å². The molecule has 2 bridgehead atoms. The Hall–Kier alpha value is -2.90. The van der Waals surface area contributed by atoms with Gasteiger partial charge in [-0.1, -0.05) is 26.8 Å². The molecule has 0 radical (unpaired) electrons. The lowest BCUT2D eigenvalue weighted by Crippen LogP contribution is -2.48. The maximum Gasteiger partial charge on any atom is 0.269 e. The number of carboxylic acid groups (broad SMARTS) is 1. The van der Waals surface area contributed by atoms with Crippen LogP contribution in [0.15, 0.2) is 36.0 Å². The van der Waals surface area contributed by atoms with E-state index in [0.29, 0.717) is 18.5 Å². The molecule has 0 aromatic heterocycles. The molecule has 8 nitrogen and oxygen atoms in total. The number of nitrogens with one attached hydrogen (secondary N) is 2. The number of benzene rings is 1. The number of non-ortho nitro benzene ring substituents is 1. The van der Waals surface area contributed by atoms with E-state index >= 15 is 0 Å². The molecule has 0 saturated heterocycles. The highest BCUT2D eigenvalue weighted by Crippen LogP contribution is 2.70. The van der Waals surface area contributed by atoms with E-state index in [1.807, 2.05) is 20.8 Å². The predicted molar refractivity (Wildman–Crippen MR) is 90.3 cm³/mol. The summed E-state index contributed by atoms with van der Waals surface area (Å²) >= 11 is 0. The molecule has 1 amide bonds. The topological polar surface area (TPSA) is 124 Å². The second kappa shape index (κ2) is 5.55. The van der Waals surface area contributed by atoms with Crippen LogP contribution in [0.2, 0.25) is 0 Å². The monoisotopic (exact) mass is 358 g/mol. The standard InChI is InChI=1S/C18H21N3O5/c1-16(2)17(3)8-9-18(16,15(23)24)10-13(17)19-20-14(22)11-4-6-12(7-5-11)21(25)26/h4-7,10,19H,8-9H2,1-3H3,(H,20,22)(H,23,24)/p-1/t17-,18+/m1/s1. The van der Waals surface area contributed by atoms with Gasteiger partial charge in [-0.25, -0.2) is 0 Å². The van der Waals surface area contributed by atoms with Crippen LogP contribution >= 0.6 is 0 Å². The van der Waals surface area contributed by atoms with Crippen molar-refractivity contribution in [1.82, 2.24) is 10.9 Å². The van der Waals surface area contributed by atoms with E-state index in [1.165, 1.54) is 24.3 Å². The lowest BCUT2D eigenvalue weighted by molar-refractivity contribution is -0.384. The first-order valence-electron chi connectivity index (χ1n) is 8.31. The Morgan fingerprint density at radius 3 is 2.23 bits per heavy atom. The van der Waals surface area contributed by atoms with Gasteiger partial charge in [-0.15, -0.1) is 0 Å². The number of amides is 1. The van der Waals surface area contributed by atoms with Gasteiger partial charge in [-0.3, -0.25) is 20.3 Å². The molecular formula is C18H20N3O5-. The number of allylic oxidation sites excluding steroid dienone is 1. The molecule has 138 valence electrons. The zero-order valence-electron chi connectivity index (χ0n) is 14.8. The van der Waals surface area contributed by atoms with Crippen LogP contribution in [-0.2, 0) is 4.79 Å². The number of fused-ring (bicyclic) bond motifs is 2. The van der Waals surface area contributed by atoms with Crippen LogP contribution in [0.25, 0.3) is 0 Å². The molecule has 2 aliphatic rings. The van der Waals surface area contributed by atoms with Crippen LogP contribution in [0.3, 0.4) is 0 Å². The lowest BCUT2D eigenvalue weighted by Gasteiger charge is -2.42. The summed E-state index contributed by atoms with van der Waals surface area (Å²) in [6, 6.07) is 5.22. The molecule has 1 fully saturated rings. The summed E-state index contributed by atoms with van der Waals surface area (Å²) in [6.07, 6.45) is 2.82. The van der Waals surface area contributed by atoms with Crippen molar-refractivity contribution in [2.75, 3.05) is 0 Å². The Bertz CT molecular complexity index is 830. The maximum absolute atomic E-state index is 12.3. The number of nitro groups is 1. The molecule has 26 heavy (non-hydrogen) atoms. The predicted octanol–water partition coefficient (Wildman–Crippen LogP) is 1.29. The van der Waals surface area contributed by atoms with E-state index in [0.717, 1.165) is 0 Å². The number of carbonyl (C=O) groups excluding carboxylic acids is 2. The molecule has 0 heterocycles. The number of hydrazine groups is 1. The number of carbonyl (C=O) groups is 2. The molecule has 2 aliphatic carbocycles. The Labute approximate surface area is 150 Å². The number of nitro benzene ring substituents is 1. The number of hydrogen-bond donors (Lipinski definition) is 2. The van der Waals surface area contributed by atoms with E-state index in [2.05, 4.69) is 10.9 Å². The number of nitrogens with zero attached hydrogens (tertiary/aromatic N) is 1. The van der Waals surface area contributed by atoms with E-state index < -0.39 is 33.0 Å². The first-order valence-corrected chi connectivity index (χ1v) is 8.31. The van der Waals surface area contributed by atoms with Crippen LogP contribution in [0.5, 0.6) is 0 Å². The zero-order valence-corrected chi connectivity index (χ0v) is 14.8. The van der Waals surface area contributed by atoms with Crippen LogP contribution in [0.4, 0.5) is 5.69 Å². The lowest BCUT2D eigenvalue weighted by atomic mass is 9.63. The fraction of sp³-hybridized carbons (Fsp3) is 0.444. The molecule has 2 atom stereocenters. The normalized spacial score (nSPS) is 28.3. The Kier molecular flexibility index (Phi) is 3.82. The second-order valence-electron chi connectivity index (χ2n) is 7.66. The average Bonchev–Trinajstić information content (AvgIpc) is 2.90. The van der Waals surface area contributed by atoms with E-state index in [-0.39, 0.29) is 11.3 Å². The molecule has 1 saturated carbocycles. The maximum atomic E-state index is 12.3. The summed E-state index contributed by atoms with van der Waals surface area (Å²) in [5, 5.41) is 22.5. The third-order valence-corrected chi connectivity index (χ3v) is 6.51. The van der Waals surface area contributed by atoms with Crippen LogP contribution in [0.1, 0.15) is 44.0 Å². The molecule has 0 unspecified atom stereocenters. The summed E-state index contributed by atoms with van der Waals surface area (Å²) in [5.74, 6) is -1.57. The van der Waals surface area contributed by atoms with Gasteiger partial charge in [0, 0.05) is 34.2 Å². The quantitative estimate of drug-likeness (QED) is 0.604. The van der Waals surface area contributed by atoms with Crippen molar-refractivity contribution in [3.05, 3.63) is 51.7 Å². The summed E-state index contributed by atoms with van der Waals surface area (Å²) in [5.41, 5.74) is 4.16. The number of hydrogen-bond acceptors (Lipinski definition) is 6. The first kappa shape index (κ1) is 17.9. The fourth-order valence-electron chi connectivity index (χ4n) is 4.22. The minimum Gasteiger partial charge on any atom is -0.549 e. The highest BCUT2D eigenvalue weighted by Gasteiger charge is 2.66. The Balaban J connectivity index is 1.77. The summed E-state index contributed by atoms with van der Waals surface area (Å²) in [6.45, 7) is 5.78. The largest absolute Gasteiger partial charge is 0.549 e. The van der Waals surface area contributed by atoms with E-state index in [9.17, 15) is 24.8 Å². The van der Waals surface area contributed by atoms with Gasteiger partial charge in [0.05, 0.1) is 10.9 Å². The summed E-state index contributed by atoms with van der Waals surface area (Å²) in [4.78, 5) is 34.2. The third-order valence-electron chi connectivity index (χ3n) is 6.51. The molecular weight excluding hydrogens is 338 g/mol. The van der Waals surface area contributed by atoms with Gasteiger partial charge in [-0.05, 0) is 30.4 Å². The highest BCUT2D eigenvalue weighted by molar-refractivity contribution is 5.94. The van der Waals surface area contributed by atoms with Gasteiger partial charge in [0.25, 0.3) is 11.6 Å². The first-order chi connectivity index (χ1) is 12.0. The van der Waals surface area contributed by atoms with Gasteiger partial charge in [0.15, 0.2) is 0 Å². The van der Waals surface area contributed by atoms with Crippen molar-refractivity contribution in [1.29, 1.82) is 0 Å². The molecule has 0 spiro atoms. The molecule has 8 heteroatoms. The van der Waals surface area contributed by atoms with Crippen molar-refractivity contribution in [3.63, 3.8) is 0 Å². The third kappa shape index (κ3) is 2.21. The van der Waals surface area contributed by atoms with Gasteiger partial charge in [-0.2, -0.15) is 0 Å². The van der Waals surface area contributed by atoms with Crippen molar-refractivity contribution in [2.45, 2.75) is 33.6 Å². The van der Waals surface area contributed by atoms with Crippen molar-refractivity contribution in [2.24, 2.45) is 16.2 Å². The molecule has 0 aliphatic heterocycles. The van der Waals surface area contributed by atoms with Crippen molar-refractivity contribution >= 4 is 17.6 Å². The minimum absolute atomic E-state index is 0.101. The smallest absolute Gasteiger partial charge is 0.269 e. The van der Waals surface area contributed by atoms with Crippen LogP contribution in [0, 0.1) is 26.4 Å². The van der Waals surface area contributed by atoms with Crippen LogP contribution in [-0.4, -0.2) is 16.8 Å². The average molecular weight is 358 g/mol. The molecule has 2 N–H and O–H groups in total. The number of aliphatic carboxylic acids is 1. The van der Waals surface area contributed by atoms with Gasteiger partial charge in [0.2, 0.25) is 0 Å².